The summed E-state index contributed by atoms with van der Waals surface area (Å²) in [7, 11) is 0. The van der Waals surface area contributed by atoms with Gasteiger partial charge in [0.2, 0.25) is 5.88 Å². The molecule has 0 saturated carbocycles. The molecule has 1 aliphatic heterocycles. The van der Waals surface area contributed by atoms with Gasteiger partial charge in [0, 0.05) is 42.3 Å². The van der Waals surface area contributed by atoms with E-state index in [2.05, 4.69) is 20.7 Å². The molecule has 8 heteroatoms. The van der Waals surface area contributed by atoms with Crippen LogP contribution in [0, 0.1) is 6.92 Å². The van der Waals surface area contributed by atoms with Crippen LogP contribution < -0.4 is 21.3 Å². The van der Waals surface area contributed by atoms with Crippen molar-refractivity contribution >= 4 is 11.6 Å². The van der Waals surface area contributed by atoms with Crippen molar-refractivity contribution in [2.75, 3.05) is 18.5 Å². The Balaban J connectivity index is 1.41. The van der Waals surface area contributed by atoms with E-state index in [0.717, 1.165) is 40.3 Å². The summed E-state index contributed by atoms with van der Waals surface area (Å²) >= 11 is 0. The molecule has 0 unspecified atom stereocenters. The Bertz CT molecular complexity index is 1150. The maximum absolute atomic E-state index is 12.8. The molecule has 1 aliphatic rings. The van der Waals surface area contributed by atoms with E-state index < -0.39 is 0 Å². The number of anilines is 1. The van der Waals surface area contributed by atoms with Gasteiger partial charge < -0.3 is 20.4 Å². The minimum absolute atomic E-state index is 0.0396. The highest BCUT2D eigenvalue weighted by atomic mass is 16.5. The molecule has 0 saturated heterocycles. The van der Waals surface area contributed by atoms with Crippen molar-refractivity contribution in [2.45, 2.75) is 26.8 Å². The highest BCUT2D eigenvalue weighted by molar-refractivity contribution is 5.94. The van der Waals surface area contributed by atoms with Crippen molar-refractivity contribution in [3.63, 3.8) is 0 Å². The van der Waals surface area contributed by atoms with Crippen LogP contribution in [0.25, 0.3) is 0 Å². The van der Waals surface area contributed by atoms with Crippen LogP contribution in [0.15, 0.2) is 72.3 Å². The fourth-order valence-corrected chi connectivity index (χ4v) is 3.62. The molecule has 0 atom stereocenters. The van der Waals surface area contributed by atoms with E-state index in [1.807, 2.05) is 67.3 Å². The Labute approximate surface area is 193 Å². The van der Waals surface area contributed by atoms with Gasteiger partial charge in [-0.2, -0.15) is 0 Å². The second-order valence-electron chi connectivity index (χ2n) is 7.98. The number of allylic oxidation sites excluding steroid dienone is 1. The number of amides is 1. The third-order valence-corrected chi connectivity index (χ3v) is 5.62. The molecule has 0 fully saturated rings. The Hall–Kier alpha value is -3.91. The molecule has 33 heavy (non-hydrogen) atoms. The standard InChI is InChI=1S/C25H28N6O2/c1-17-8-9-22(14-27-17)29-23(18(2)30-26)16-33-24-12-20-10-11-31(15-21(20)13-28-24)25(32)19-6-4-3-5-7-19/h3-9,12-14,29-30H,10-11,15-16,26H2,1-2H3/b23-18-. The number of carbonyl (C=O) groups is 1. The largest absolute Gasteiger partial charge is 0.471 e. The van der Waals surface area contributed by atoms with Crippen molar-refractivity contribution in [2.24, 2.45) is 5.84 Å². The monoisotopic (exact) mass is 444 g/mol. The van der Waals surface area contributed by atoms with E-state index in [-0.39, 0.29) is 12.5 Å². The molecule has 2 aromatic heterocycles. The molecule has 8 nitrogen and oxygen atoms in total. The second-order valence-corrected chi connectivity index (χ2v) is 7.98. The van der Waals surface area contributed by atoms with Gasteiger partial charge in [0.1, 0.15) is 6.61 Å². The van der Waals surface area contributed by atoms with E-state index in [1.54, 1.807) is 12.4 Å². The highest BCUT2D eigenvalue weighted by Crippen LogP contribution is 2.23. The van der Waals surface area contributed by atoms with Crippen LogP contribution >= 0.6 is 0 Å². The summed E-state index contributed by atoms with van der Waals surface area (Å²) in [5, 5.41) is 3.30. The zero-order valence-electron chi connectivity index (χ0n) is 18.8. The second kappa shape index (κ2) is 10.1. The lowest BCUT2D eigenvalue weighted by Crippen LogP contribution is -2.36. The smallest absolute Gasteiger partial charge is 0.254 e. The lowest BCUT2D eigenvalue weighted by molar-refractivity contribution is 0.0734. The van der Waals surface area contributed by atoms with E-state index in [1.165, 1.54) is 0 Å². The van der Waals surface area contributed by atoms with Gasteiger partial charge in [-0.15, -0.1) is 0 Å². The number of benzene rings is 1. The van der Waals surface area contributed by atoms with Crippen LogP contribution in [0.4, 0.5) is 5.69 Å². The molecular weight excluding hydrogens is 416 g/mol. The SMILES string of the molecule is C/C(NN)=C(\COc1cc2c(cn1)CN(C(=O)c1ccccc1)CC2)Nc1ccc(C)nc1. The zero-order valence-corrected chi connectivity index (χ0v) is 18.8. The minimum atomic E-state index is 0.0396. The number of nitrogens with one attached hydrogen (secondary N) is 2. The summed E-state index contributed by atoms with van der Waals surface area (Å²) in [4.78, 5) is 23.4. The number of rotatable bonds is 7. The molecule has 0 spiro atoms. The summed E-state index contributed by atoms with van der Waals surface area (Å²) in [6.45, 7) is 5.27. The molecule has 3 heterocycles. The van der Waals surface area contributed by atoms with Crippen molar-refractivity contribution < 1.29 is 9.53 Å². The van der Waals surface area contributed by atoms with Crippen LogP contribution in [-0.4, -0.2) is 33.9 Å². The predicted molar refractivity (Wildman–Crippen MR) is 127 cm³/mol. The maximum Gasteiger partial charge on any atom is 0.254 e. The summed E-state index contributed by atoms with van der Waals surface area (Å²) in [6.07, 6.45) is 4.31. The maximum atomic E-state index is 12.8. The van der Waals surface area contributed by atoms with Gasteiger partial charge in [0.05, 0.1) is 17.6 Å². The number of ether oxygens (including phenoxy) is 1. The van der Waals surface area contributed by atoms with Gasteiger partial charge in [-0.05, 0) is 55.7 Å². The number of hydrogen-bond acceptors (Lipinski definition) is 7. The first-order chi connectivity index (χ1) is 16.0. The summed E-state index contributed by atoms with van der Waals surface area (Å²) in [6, 6.07) is 15.2. The lowest BCUT2D eigenvalue weighted by atomic mass is 10.0. The number of hydrogen-bond donors (Lipinski definition) is 3. The summed E-state index contributed by atoms with van der Waals surface area (Å²) < 4.78 is 5.97. The normalized spacial score (nSPS) is 13.6. The van der Waals surface area contributed by atoms with E-state index in [4.69, 9.17) is 10.6 Å². The number of nitrogens with zero attached hydrogens (tertiary/aromatic N) is 3. The highest BCUT2D eigenvalue weighted by Gasteiger charge is 2.22. The molecule has 3 aromatic rings. The van der Waals surface area contributed by atoms with Gasteiger partial charge in [0.15, 0.2) is 0 Å². The van der Waals surface area contributed by atoms with Crippen molar-refractivity contribution in [1.29, 1.82) is 0 Å². The fraction of sp³-hybridized carbons (Fsp3) is 0.240. The number of hydrazine groups is 1. The van der Waals surface area contributed by atoms with Crippen molar-refractivity contribution in [3.05, 3.63) is 94.7 Å². The van der Waals surface area contributed by atoms with Gasteiger partial charge in [-0.3, -0.25) is 15.6 Å². The summed E-state index contributed by atoms with van der Waals surface area (Å²) in [5.74, 6) is 6.19. The average molecular weight is 445 g/mol. The molecule has 4 N–H and O–H groups in total. The minimum Gasteiger partial charge on any atom is -0.471 e. The van der Waals surface area contributed by atoms with Gasteiger partial charge in [-0.1, -0.05) is 18.2 Å². The number of pyridine rings is 2. The zero-order chi connectivity index (χ0) is 23.2. The van der Waals surface area contributed by atoms with Crippen LogP contribution in [-0.2, 0) is 13.0 Å². The Kier molecular flexibility index (Phi) is 6.85. The Morgan fingerprint density at radius 2 is 1.94 bits per heavy atom. The van der Waals surface area contributed by atoms with Crippen molar-refractivity contribution in [1.82, 2.24) is 20.3 Å². The number of nitrogens with two attached hydrogens (primary N) is 1. The van der Waals surface area contributed by atoms with Crippen LogP contribution in [0.1, 0.15) is 34.1 Å². The van der Waals surface area contributed by atoms with E-state index in [0.29, 0.717) is 24.5 Å². The number of aryl methyl sites for hydroxylation is 1. The molecule has 1 aromatic carbocycles. The molecule has 0 bridgehead atoms. The molecule has 0 aliphatic carbocycles. The predicted octanol–water partition coefficient (Wildman–Crippen LogP) is 3.17. The third-order valence-electron chi connectivity index (χ3n) is 5.62. The summed E-state index contributed by atoms with van der Waals surface area (Å²) in [5.41, 5.74) is 8.88. The lowest BCUT2D eigenvalue weighted by Gasteiger charge is -2.29. The van der Waals surface area contributed by atoms with Crippen LogP contribution in [0.2, 0.25) is 0 Å². The van der Waals surface area contributed by atoms with Crippen LogP contribution in [0.3, 0.4) is 0 Å². The first kappa shape index (κ1) is 22.3. The fourth-order valence-electron chi connectivity index (χ4n) is 3.62. The Morgan fingerprint density at radius 3 is 2.67 bits per heavy atom. The van der Waals surface area contributed by atoms with Gasteiger partial charge in [-0.25, -0.2) is 4.98 Å². The Morgan fingerprint density at radius 1 is 1.12 bits per heavy atom. The molecule has 4 rings (SSSR count). The first-order valence-corrected chi connectivity index (χ1v) is 10.8. The van der Waals surface area contributed by atoms with Crippen LogP contribution in [0.5, 0.6) is 5.88 Å². The van der Waals surface area contributed by atoms with Crippen molar-refractivity contribution in [3.8, 4) is 5.88 Å². The average Bonchev–Trinajstić information content (AvgIpc) is 2.86. The van der Waals surface area contributed by atoms with Gasteiger partial charge in [0.25, 0.3) is 5.91 Å². The number of fused-ring (bicyclic) bond motifs is 1. The molecule has 170 valence electrons. The van der Waals surface area contributed by atoms with E-state index in [9.17, 15) is 4.79 Å². The number of aromatic nitrogens is 2. The van der Waals surface area contributed by atoms with Gasteiger partial charge >= 0.3 is 0 Å². The molecule has 1 amide bonds. The quantitative estimate of drug-likeness (QED) is 0.380. The topological polar surface area (TPSA) is 105 Å². The third kappa shape index (κ3) is 5.48. The molecule has 0 radical (unpaired) electrons. The number of carbonyl (C=O) groups excluding carboxylic acids is 1. The van der Waals surface area contributed by atoms with E-state index >= 15 is 0 Å². The molecular formula is C25H28N6O2. The first-order valence-electron chi connectivity index (χ1n) is 10.8.